The van der Waals surface area contributed by atoms with Gasteiger partial charge in [-0.1, -0.05) is 133 Å². The van der Waals surface area contributed by atoms with E-state index in [0.29, 0.717) is 0 Å². The Labute approximate surface area is 322 Å². The summed E-state index contributed by atoms with van der Waals surface area (Å²) in [6.07, 6.45) is 1.90. The van der Waals surface area contributed by atoms with Gasteiger partial charge in [0.2, 0.25) is 0 Å². The first-order chi connectivity index (χ1) is 27.8. The predicted molar refractivity (Wildman–Crippen MR) is 234 cm³/mol. The van der Waals surface area contributed by atoms with Crippen LogP contribution in [0.4, 0.5) is 0 Å². The Morgan fingerprint density at radius 2 is 1.16 bits per heavy atom. The molecule has 13 rings (SSSR count). The zero-order valence-corrected chi connectivity index (χ0v) is 30.5. The first-order valence-electron chi connectivity index (χ1n) is 19.7. The third kappa shape index (κ3) is 4.12. The zero-order valence-electron chi connectivity index (χ0n) is 30.5. The molecule has 0 aliphatic heterocycles. The molecule has 56 heavy (non-hydrogen) atoms. The van der Waals surface area contributed by atoms with Crippen LogP contribution in [0.25, 0.3) is 104 Å². The van der Waals surface area contributed by atoms with Crippen molar-refractivity contribution in [3.05, 3.63) is 187 Å². The summed E-state index contributed by atoms with van der Waals surface area (Å²) < 4.78 is 2.54. The summed E-state index contributed by atoms with van der Waals surface area (Å²) in [6.45, 7) is 0. The minimum atomic E-state index is 0.0291. The fraction of sp³-hybridized carbons (Fsp3) is 0.0566. The molecule has 3 nitrogen and oxygen atoms in total. The second-order valence-electron chi connectivity index (χ2n) is 15.6. The quantitative estimate of drug-likeness (QED) is 0.167. The third-order valence-electron chi connectivity index (χ3n) is 12.7. The van der Waals surface area contributed by atoms with Crippen molar-refractivity contribution < 1.29 is 0 Å². The molecule has 3 heterocycles. The molecule has 0 fully saturated rings. The normalized spacial score (nSPS) is 14.5. The largest absolute Gasteiger partial charge is 0.308 e. The Hall–Kier alpha value is -7.10. The summed E-state index contributed by atoms with van der Waals surface area (Å²) in [7, 11) is 0. The minimum Gasteiger partial charge on any atom is -0.308 e. The molecule has 9 aromatic carbocycles. The second-order valence-corrected chi connectivity index (χ2v) is 15.6. The first-order valence-corrected chi connectivity index (χ1v) is 19.7. The Morgan fingerprint density at radius 3 is 2.05 bits per heavy atom. The lowest BCUT2D eigenvalue weighted by Crippen LogP contribution is -2.08. The molecular formula is C53H33N3. The topological polar surface area (TPSA) is 30.2 Å². The Bertz CT molecular complexity index is 3610. The first kappa shape index (κ1) is 30.3. The van der Waals surface area contributed by atoms with E-state index in [0.717, 1.165) is 40.8 Å². The molecule has 1 aliphatic carbocycles. The maximum atomic E-state index is 5.68. The lowest BCUT2D eigenvalue weighted by Gasteiger charge is -2.22. The molecule has 0 bridgehead atoms. The second kappa shape index (κ2) is 11.2. The van der Waals surface area contributed by atoms with Gasteiger partial charge < -0.3 is 4.40 Å². The van der Waals surface area contributed by atoms with Crippen LogP contribution in [0.3, 0.4) is 0 Å². The number of aromatic nitrogens is 3. The number of fused-ring (bicyclic) bond motifs is 15. The maximum Gasteiger partial charge on any atom is 0.160 e. The van der Waals surface area contributed by atoms with E-state index in [2.05, 4.69) is 174 Å². The fourth-order valence-corrected chi connectivity index (χ4v) is 10.2. The van der Waals surface area contributed by atoms with Crippen LogP contribution in [-0.2, 0) is 6.42 Å². The van der Waals surface area contributed by atoms with Crippen molar-refractivity contribution in [2.24, 2.45) is 0 Å². The van der Waals surface area contributed by atoms with Gasteiger partial charge in [-0.2, -0.15) is 0 Å². The predicted octanol–water partition coefficient (Wildman–Crippen LogP) is 13.7. The number of rotatable bonds is 2. The van der Waals surface area contributed by atoms with Gasteiger partial charge in [-0.05, 0) is 104 Å². The summed E-state index contributed by atoms with van der Waals surface area (Å²) in [5, 5.41) is 13.8. The van der Waals surface area contributed by atoms with Crippen LogP contribution >= 0.6 is 0 Å². The van der Waals surface area contributed by atoms with E-state index in [1.807, 2.05) is 0 Å². The van der Waals surface area contributed by atoms with Gasteiger partial charge in [0.1, 0.15) is 0 Å². The van der Waals surface area contributed by atoms with E-state index in [9.17, 15) is 0 Å². The van der Waals surface area contributed by atoms with Crippen LogP contribution in [0.5, 0.6) is 0 Å². The number of hydrogen-bond donors (Lipinski definition) is 0. The van der Waals surface area contributed by atoms with Gasteiger partial charge in [-0.25, -0.2) is 9.97 Å². The van der Waals surface area contributed by atoms with E-state index in [1.54, 1.807) is 0 Å². The van der Waals surface area contributed by atoms with Crippen molar-refractivity contribution >= 4 is 81.3 Å². The highest BCUT2D eigenvalue weighted by Gasteiger charge is 2.32. The van der Waals surface area contributed by atoms with Crippen LogP contribution in [-0.4, -0.2) is 14.4 Å². The molecule has 12 aromatic rings. The minimum absolute atomic E-state index is 0.0291. The number of hydrogen-bond acceptors (Lipinski definition) is 2. The highest BCUT2D eigenvalue weighted by atomic mass is 14.9. The number of nitrogens with zero attached hydrogens (tertiary/aromatic N) is 3. The SMILES string of the molecule is c1ccc2c(c1)CCC(c1nc(-c3ccc4ccc5ccccc5c4c3)nc3ccccc13)c1c-2cc2c3cc4ccccc4cc3n3c4ccccc4c1c23. The summed E-state index contributed by atoms with van der Waals surface area (Å²) >= 11 is 0. The molecule has 0 spiro atoms. The van der Waals surface area contributed by atoms with Crippen molar-refractivity contribution in [3.8, 4) is 22.5 Å². The highest BCUT2D eigenvalue weighted by molar-refractivity contribution is 6.27. The van der Waals surface area contributed by atoms with Gasteiger partial charge in [-0.15, -0.1) is 0 Å². The molecule has 1 unspecified atom stereocenters. The molecule has 0 saturated carbocycles. The van der Waals surface area contributed by atoms with Gasteiger partial charge in [-0.3, -0.25) is 0 Å². The molecule has 1 aliphatic rings. The van der Waals surface area contributed by atoms with Crippen LogP contribution in [0.15, 0.2) is 170 Å². The highest BCUT2D eigenvalue weighted by Crippen LogP contribution is 2.52. The summed E-state index contributed by atoms with van der Waals surface area (Å²) in [4.78, 5) is 11.0. The van der Waals surface area contributed by atoms with Gasteiger partial charge >= 0.3 is 0 Å². The average molecular weight is 712 g/mol. The van der Waals surface area contributed by atoms with E-state index in [4.69, 9.17) is 9.97 Å². The summed E-state index contributed by atoms with van der Waals surface area (Å²) in [5.41, 5.74) is 12.3. The lowest BCUT2D eigenvalue weighted by atomic mass is 9.83. The van der Waals surface area contributed by atoms with Crippen LogP contribution < -0.4 is 0 Å². The molecule has 1 atom stereocenters. The van der Waals surface area contributed by atoms with Gasteiger partial charge in [0.25, 0.3) is 0 Å². The molecule has 0 saturated heterocycles. The molecule has 0 radical (unpaired) electrons. The van der Waals surface area contributed by atoms with Crippen LogP contribution in [0, 0.1) is 0 Å². The number of benzene rings is 9. The number of aryl methyl sites for hydroxylation is 1. The van der Waals surface area contributed by atoms with Crippen molar-refractivity contribution in [2.75, 3.05) is 0 Å². The van der Waals surface area contributed by atoms with Gasteiger partial charge in [0.05, 0.1) is 27.8 Å². The molecule has 260 valence electrons. The standard InChI is InChI=1S/C53H33N3/c1-2-14-35-29-48-43(27-34(35)13-1)45-30-44-38-16-6-4-12-32(38)25-26-41(49(44)50-40-18-8-10-20-47(40)56(48)52(45)50)51-39-17-7-9-19-46(39)54-53(55-51)36-24-23-33-22-21-31-11-3-5-15-37(31)42(33)28-36/h1-24,27-30,41H,25-26H2. The van der Waals surface area contributed by atoms with Gasteiger partial charge in [0.15, 0.2) is 5.82 Å². The zero-order chi connectivity index (χ0) is 36.5. The average Bonchev–Trinajstić information content (AvgIpc) is 3.70. The molecule has 3 heteroatoms. The maximum absolute atomic E-state index is 5.68. The van der Waals surface area contributed by atoms with Crippen LogP contribution in [0.1, 0.15) is 29.2 Å². The van der Waals surface area contributed by atoms with E-state index < -0.39 is 0 Å². The van der Waals surface area contributed by atoms with Crippen molar-refractivity contribution in [1.29, 1.82) is 0 Å². The van der Waals surface area contributed by atoms with Gasteiger partial charge in [0, 0.05) is 38.4 Å². The van der Waals surface area contributed by atoms with E-state index >= 15 is 0 Å². The summed E-state index contributed by atoms with van der Waals surface area (Å²) in [6, 6.07) is 62.6. The van der Waals surface area contributed by atoms with E-state index in [1.165, 1.54) is 92.7 Å². The monoisotopic (exact) mass is 711 g/mol. The molecule has 3 aromatic heterocycles. The Morgan fingerprint density at radius 1 is 0.464 bits per heavy atom. The van der Waals surface area contributed by atoms with E-state index in [-0.39, 0.29) is 5.92 Å². The molecule has 0 amide bonds. The lowest BCUT2D eigenvalue weighted by molar-refractivity contribution is 0.715. The molecule has 0 N–H and O–H groups in total. The smallest absolute Gasteiger partial charge is 0.160 e. The van der Waals surface area contributed by atoms with Crippen molar-refractivity contribution in [1.82, 2.24) is 14.4 Å². The number of para-hydroxylation sites is 2. The Kier molecular flexibility index (Phi) is 6.06. The van der Waals surface area contributed by atoms with Crippen molar-refractivity contribution in [3.63, 3.8) is 0 Å². The van der Waals surface area contributed by atoms with Crippen LogP contribution in [0.2, 0.25) is 0 Å². The fourth-order valence-electron chi connectivity index (χ4n) is 10.2. The Balaban J connectivity index is 1.15. The molecular weight excluding hydrogens is 679 g/mol. The van der Waals surface area contributed by atoms with Crippen molar-refractivity contribution in [2.45, 2.75) is 18.8 Å². The summed E-state index contributed by atoms with van der Waals surface area (Å²) in [5.74, 6) is 0.803. The third-order valence-corrected chi connectivity index (χ3v) is 12.7.